The zero-order valence-corrected chi connectivity index (χ0v) is 18.7. The van der Waals surface area contributed by atoms with Gasteiger partial charge in [0.05, 0.1) is 0 Å². The van der Waals surface area contributed by atoms with E-state index >= 15 is 0 Å². The van der Waals surface area contributed by atoms with Gasteiger partial charge in [-0.25, -0.2) is 0 Å². The minimum Gasteiger partial charge on any atom is -0.348 e. The molecule has 33 heavy (non-hydrogen) atoms. The molecule has 2 amide bonds. The summed E-state index contributed by atoms with van der Waals surface area (Å²) in [6.07, 6.45) is 4.32. The molecule has 1 saturated heterocycles. The van der Waals surface area contributed by atoms with Gasteiger partial charge in [0, 0.05) is 50.4 Å². The highest BCUT2D eigenvalue weighted by molar-refractivity contribution is 5.95. The third kappa shape index (κ3) is 6.40. The number of carbonyl (C=O) groups is 2. The molecule has 0 atom stereocenters. The first-order valence-corrected chi connectivity index (χ1v) is 11.3. The van der Waals surface area contributed by atoms with Crippen LogP contribution >= 0.6 is 0 Å². The average molecular weight is 440 g/mol. The fourth-order valence-electron chi connectivity index (χ4n) is 3.86. The molecule has 168 valence electrons. The number of benzene rings is 3. The molecule has 0 aliphatic carbocycles. The van der Waals surface area contributed by atoms with E-state index < -0.39 is 0 Å². The van der Waals surface area contributed by atoms with Gasteiger partial charge in [0.15, 0.2) is 0 Å². The van der Waals surface area contributed by atoms with Crippen molar-refractivity contribution in [1.29, 1.82) is 0 Å². The summed E-state index contributed by atoms with van der Waals surface area (Å²) in [6.45, 7) is 4.51. The summed E-state index contributed by atoms with van der Waals surface area (Å²) in [4.78, 5) is 29.4. The summed E-state index contributed by atoms with van der Waals surface area (Å²) in [5.41, 5.74) is 3.49. The molecule has 1 N–H and O–H groups in total. The Morgan fingerprint density at radius 1 is 0.758 bits per heavy atom. The van der Waals surface area contributed by atoms with Gasteiger partial charge in [0.2, 0.25) is 0 Å². The van der Waals surface area contributed by atoms with Gasteiger partial charge < -0.3 is 10.2 Å². The Labute approximate surface area is 195 Å². The molecule has 0 radical (unpaired) electrons. The van der Waals surface area contributed by atoms with Gasteiger partial charge in [-0.05, 0) is 35.4 Å². The smallest absolute Gasteiger partial charge is 0.253 e. The highest BCUT2D eigenvalue weighted by Crippen LogP contribution is 2.11. The molecule has 0 spiro atoms. The summed E-state index contributed by atoms with van der Waals surface area (Å²) < 4.78 is 0. The maximum Gasteiger partial charge on any atom is 0.253 e. The molecule has 0 saturated carbocycles. The Morgan fingerprint density at radius 3 is 2.06 bits per heavy atom. The van der Waals surface area contributed by atoms with E-state index in [1.54, 1.807) is 12.1 Å². The molecule has 5 heteroatoms. The Hall–Kier alpha value is -3.70. The fourth-order valence-corrected chi connectivity index (χ4v) is 3.86. The number of nitrogens with one attached hydrogen (secondary N) is 1. The molecule has 1 fully saturated rings. The van der Waals surface area contributed by atoms with Crippen molar-refractivity contribution in [3.63, 3.8) is 0 Å². The van der Waals surface area contributed by atoms with Crippen LogP contribution in [-0.2, 0) is 6.54 Å². The van der Waals surface area contributed by atoms with Crippen molar-refractivity contribution >= 4 is 17.9 Å². The van der Waals surface area contributed by atoms with Crippen molar-refractivity contribution in [1.82, 2.24) is 15.1 Å². The molecule has 5 nitrogen and oxygen atoms in total. The van der Waals surface area contributed by atoms with Crippen LogP contribution < -0.4 is 5.32 Å². The van der Waals surface area contributed by atoms with Crippen molar-refractivity contribution in [3.8, 4) is 0 Å². The summed E-state index contributed by atoms with van der Waals surface area (Å²) in [5.74, 6) is -0.0402. The van der Waals surface area contributed by atoms with Gasteiger partial charge in [-0.15, -0.1) is 0 Å². The molecule has 0 bridgehead atoms. The van der Waals surface area contributed by atoms with Crippen LogP contribution in [0.5, 0.6) is 0 Å². The first-order chi connectivity index (χ1) is 16.2. The maximum atomic E-state index is 12.9. The highest BCUT2D eigenvalue weighted by Gasteiger charge is 2.21. The Kier molecular flexibility index (Phi) is 7.67. The molecule has 3 aromatic rings. The van der Waals surface area contributed by atoms with Crippen molar-refractivity contribution in [2.75, 3.05) is 32.7 Å². The summed E-state index contributed by atoms with van der Waals surface area (Å²) in [5, 5.41) is 2.91. The second-order valence-corrected chi connectivity index (χ2v) is 8.15. The third-order valence-electron chi connectivity index (χ3n) is 5.82. The van der Waals surface area contributed by atoms with Crippen molar-refractivity contribution in [2.45, 2.75) is 6.54 Å². The van der Waals surface area contributed by atoms with Gasteiger partial charge in [0.25, 0.3) is 11.8 Å². The van der Waals surface area contributed by atoms with Crippen LogP contribution in [-0.4, -0.2) is 54.3 Å². The molecular formula is C28H29N3O2. The Bertz CT molecular complexity index is 1070. The summed E-state index contributed by atoms with van der Waals surface area (Å²) in [6, 6.07) is 26.9. The number of carbonyl (C=O) groups excluding carboxylic acids is 2. The molecule has 0 unspecified atom stereocenters. The van der Waals surface area contributed by atoms with E-state index in [0.29, 0.717) is 17.7 Å². The van der Waals surface area contributed by atoms with E-state index in [0.717, 1.165) is 38.3 Å². The van der Waals surface area contributed by atoms with Crippen LogP contribution in [0.3, 0.4) is 0 Å². The van der Waals surface area contributed by atoms with Crippen LogP contribution in [0.2, 0.25) is 0 Å². The maximum absolute atomic E-state index is 12.9. The molecular weight excluding hydrogens is 410 g/mol. The first kappa shape index (κ1) is 22.5. The fraction of sp³-hybridized carbons (Fsp3) is 0.214. The topological polar surface area (TPSA) is 52.7 Å². The van der Waals surface area contributed by atoms with Crippen molar-refractivity contribution in [3.05, 3.63) is 113 Å². The van der Waals surface area contributed by atoms with Crippen molar-refractivity contribution in [2.24, 2.45) is 0 Å². The van der Waals surface area contributed by atoms with Crippen LogP contribution in [0, 0.1) is 0 Å². The third-order valence-corrected chi connectivity index (χ3v) is 5.82. The number of hydrogen-bond donors (Lipinski definition) is 1. The number of amides is 2. The molecule has 0 aromatic heterocycles. The van der Waals surface area contributed by atoms with Crippen molar-refractivity contribution < 1.29 is 9.59 Å². The molecule has 1 heterocycles. The van der Waals surface area contributed by atoms with Crippen LogP contribution in [0.15, 0.2) is 91.0 Å². The second kappa shape index (κ2) is 11.2. The quantitative estimate of drug-likeness (QED) is 0.603. The van der Waals surface area contributed by atoms with E-state index in [-0.39, 0.29) is 11.8 Å². The number of nitrogens with zero attached hydrogens (tertiary/aromatic N) is 2. The van der Waals surface area contributed by atoms with Gasteiger partial charge in [-0.1, -0.05) is 72.8 Å². The SMILES string of the molecule is O=C(NCc1ccc(C(=O)N2CCN(C/C=C/c3ccccc3)CC2)cc1)c1ccccc1. The van der Waals surface area contributed by atoms with E-state index in [9.17, 15) is 9.59 Å². The summed E-state index contributed by atoms with van der Waals surface area (Å²) >= 11 is 0. The van der Waals surface area contributed by atoms with Crippen LogP contribution in [0.4, 0.5) is 0 Å². The molecule has 3 aromatic carbocycles. The molecule has 1 aliphatic rings. The lowest BCUT2D eigenvalue weighted by Crippen LogP contribution is -2.48. The molecule has 1 aliphatic heterocycles. The number of piperazine rings is 1. The Morgan fingerprint density at radius 2 is 1.39 bits per heavy atom. The van der Waals surface area contributed by atoms with Gasteiger partial charge in [-0.2, -0.15) is 0 Å². The largest absolute Gasteiger partial charge is 0.348 e. The second-order valence-electron chi connectivity index (χ2n) is 8.15. The lowest BCUT2D eigenvalue weighted by atomic mass is 10.1. The zero-order valence-electron chi connectivity index (χ0n) is 18.7. The Balaban J connectivity index is 1.22. The van der Waals surface area contributed by atoms with E-state index in [4.69, 9.17) is 0 Å². The predicted octanol–water partition coefficient (Wildman–Crippen LogP) is 4.09. The van der Waals surface area contributed by atoms with Gasteiger partial charge in [0.1, 0.15) is 0 Å². The first-order valence-electron chi connectivity index (χ1n) is 11.3. The lowest BCUT2D eigenvalue weighted by Gasteiger charge is -2.34. The monoisotopic (exact) mass is 439 g/mol. The normalized spacial score (nSPS) is 14.4. The zero-order chi connectivity index (χ0) is 22.9. The minimum absolute atomic E-state index is 0.0642. The predicted molar refractivity (Wildman–Crippen MR) is 132 cm³/mol. The number of rotatable bonds is 7. The standard InChI is InChI=1S/C28H29N3O2/c32-27(25-11-5-2-6-12-25)29-22-24-13-15-26(16-14-24)28(33)31-20-18-30(19-21-31)17-7-10-23-8-3-1-4-9-23/h1-16H,17-22H2,(H,29,32)/b10-7+. The average Bonchev–Trinajstić information content (AvgIpc) is 2.89. The highest BCUT2D eigenvalue weighted by atomic mass is 16.2. The van der Waals surface area contributed by atoms with Gasteiger partial charge >= 0.3 is 0 Å². The number of hydrogen-bond acceptors (Lipinski definition) is 3. The summed E-state index contributed by atoms with van der Waals surface area (Å²) in [7, 11) is 0. The van der Waals surface area contributed by atoms with E-state index in [1.807, 2.05) is 65.6 Å². The lowest BCUT2D eigenvalue weighted by molar-refractivity contribution is 0.0650. The minimum atomic E-state index is -0.104. The van der Waals surface area contributed by atoms with E-state index in [1.165, 1.54) is 5.56 Å². The van der Waals surface area contributed by atoms with E-state index in [2.05, 4.69) is 34.5 Å². The molecule has 4 rings (SSSR count). The van der Waals surface area contributed by atoms with Gasteiger partial charge in [-0.3, -0.25) is 14.5 Å². The van der Waals surface area contributed by atoms with Crippen LogP contribution in [0.25, 0.3) is 6.08 Å². The van der Waals surface area contributed by atoms with Crippen LogP contribution in [0.1, 0.15) is 31.8 Å².